The van der Waals surface area contributed by atoms with E-state index in [1.807, 2.05) is 0 Å². The molecule has 4 heterocycles. The fourth-order valence-electron chi connectivity index (χ4n) is 5.04. The van der Waals surface area contributed by atoms with Gasteiger partial charge in [0.15, 0.2) is 0 Å². The van der Waals surface area contributed by atoms with E-state index in [-0.39, 0.29) is 22.9 Å². The zero-order valence-corrected chi connectivity index (χ0v) is 18.4. The van der Waals surface area contributed by atoms with Gasteiger partial charge in [-0.15, -0.1) is 0 Å². The maximum Gasteiger partial charge on any atom is 0.337 e. The molecule has 0 unspecified atom stereocenters. The van der Waals surface area contributed by atoms with Crippen LogP contribution in [0, 0.1) is 16.0 Å². The van der Waals surface area contributed by atoms with E-state index < -0.39 is 22.8 Å². The quantitative estimate of drug-likeness (QED) is 0.422. The van der Waals surface area contributed by atoms with Gasteiger partial charge in [0.25, 0.3) is 5.69 Å². The van der Waals surface area contributed by atoms with Crippen LogP contribution in [0.1, 0.15) is 38.2 Å². The number of non-ortho nitro benzene ring substituents is 1. The number of rotatable bonds is 5. The van der Waals surface area contributed by atoms with Gasteiger partial charge in [-0.2, -0.15) is 0 Å². The second-order valence-corrected chi connectivity index (χ2v) is 8.56. The largest absolute Gasteiger partial charge is 0.466 e. The van der Waals surface area contributed by atoms with E-state index in [9.17, 15) is 19.7 Å². The minimum atomic E-state index is -0.836. The minimum absolute atomic E-state index is 0.120. The number of benzene rings is 1. The summed E-state index contributed by atoms with van der Waals surface area (Å²) >= 11 is 0. The first kappa shape index (κ1) is 22.0. The predicted octanol–water partition coefficient (Wildman–Crippen LogP) is 2.64. The number of nitro benzene ring substituents is 1. The van der Waals surface area contributed by atoms with Gasteiger partial charge < -0.3 is 14.8 Å². The van der Waals surface area contributed by atoms with Crippen molar-refractivity contribution in [2.75, 3.05) is 26.7 Å². The molecule has 1 aromatic carbocycles. The van der Waals surface area contributed by atoms with Gasteiger partial charge in [0, 0.05) is 30.1 Å². The lowest BCUT2D eigenvalue weighted by atomic mass is 9.80. The maximum atomic E-state index is 13.5. The fourth-order valence-corrected chi connectivity index (χ4v) is 5.04. The molecule has 4 aliphatic heterocycles. The Morgan fingerprint density at radius 3 is 2.34 bits per heavy atom. The molecule has 3 saturated heterocycles. The van der Waals surface area contributed by atoms with Gasteiger partial charge in [-0.05, 0) is 51.3 Å². The minimum Gasteiger partial charge on any atom is -0.466 e. The molecular weight excluding hydrogens is 414 g/mol. The average Bonchev–Trinajstić information content (AvgIpc) is 2.78. The zero-order valence-electron chi connectivity index (χ0n) is 18.4. The molecule has 0 spiro atoms. The van der Waals surface area contributed by atoms with E-state index in [0.29, 0.717) is 29.4 Å². The standard InChI is InChI=1S/C23H27N3O6/c1-13-19(22(27)31-3)21(16-5-4-6-17(11-16)26(29)30)20(14(2)24-13)23(28)32-18-12-25-9-7-15(18)8-10-25/h4-6,11,15,18,21,24H,7-10,12H2,1-3H3/t18-,21+/m0/s1. The highest BCUT2D eigenvalue weighted by Crippen LogP contribution is 2.41. The molecule has 0 aromatic heterocycles. The van der Waals surface area contributed by atoms with Crippen LogP contribution in [0.4, 0.5) is 5.69 Å². The fraction of sp³-hybridized carbons (Fsp3) is 0.478. The van der Waals surface area contributed by atoms with Crippen molar-refractivity contribution < 1.29 is 24.0 Å². The number of nitro groups is 1. The third-order valence-electron chi connectivity index (χ3n) is 6.65. The number of fused-ring (bicyclic) bond motifs is 3. The molecule has 0 amide bonds. The summed E-state index contributed by atoms with van der Waals surface area (Å²) in [4.78, 5) is 39.3. The molecule has 2 bridgehead atoms. The van der Waals surface area contributed by atoms with Crippen LogP contribution in [0.5, 0.6) is 0 Å². The third-order valence-corrected chi connectivity index (χ3v) is 6.65. The summed E-state index contributed by atoms with van der Waals surface area (Å²) in [6.45, 7) is 6.21. The van der Waals surface area contributed by atoms with Crippen LogP contribution in [0.25, 0.3) is 0 Å². The number of hydrogen-bond donors (Lipinski definition) is 1. The Balaban J connectivity index is 1.73. The van der Waals surface area contributed by atoms with Gasteiger partial charge in [0.1, 0.15) is 6.10 Å². The van der Waals surface area contributed by atoms with Crippen molar-refractivity contribution in [2.45, 2.75) is 38.7 Å². The smallest absolute Gasteiger partial charge is 0.337 e. The van der Waals surface area contributed by atoms with Crippen molar-refractivity contribution in [3.8, 4) is 0 Å². The van der Waals surface area contributed by atoms with Gasteiger partial charge in [-0.3, -0.25) is 15.0 Å². The number of nitrogens with one attached hydrogen (secondary N) is 1. The summed E-state index contributed by atoms with van der Waals surface area (Å²) in [7, 11) is 1.27. The van der Waals surface area contributed by atoms with Crippen LogP contribution >= 0.6 is 0 Å². The van der Waals surface area contributed by atoms with Crippen molar-refractivity contribution in [3.05, 3.63) is 62.5 Å². The molecule has 0 saturated carbocycles. The van der Waals surface area contributed by atoms with E-state index in [4.69, 9.17) is 9.47 Å². The van der Waals surface area contributed by atoms with Crippen LogP contribution in [0.3, 0.4) is 0 Å². The Hall–Kier alpha value is -3.20. The van der Waals surface area contributed by atoms with Crippen molar-refractivity contribution in [1.82, 2.24) is 10.2 Å². The molecule has 1 N–H and O–H groups in total. The summed E-state index contributed by atoms with van der Waals surface area (Å²) in [6, 6.07) is 5.99. The predicted molar refractivity (Wildman–Crippen MR) is 115 cm³/mol. The van der Waals surface area contributed by atoms with Gasteiger partial charge in [0.05, 0.1) is 29.1 Å². The second-order valence-electron chi connectivity index (χ2n) is 8.56. The lowest BCUT2D eigenvalue weighted by molar-refractivity contribution is -0.384. The Labute approximate surface area is 186 Å². The van der Waals surface area contributed by atoms with E-state index in [1.54, 1.807) is 26.0 Å². The molecule has 9 nitrogen and oxygen atoms in total. The Morgan fingerprint density at radius 2 is 1.78 bits per heavy atom. The number of dihydropyridines is 1. The molecule has 4 aliphatic rings. The number of nitrogens with zero attached hydrogens (tertiary/aromatic N) is 2. The van der Waals surface area contributed by atoms with E-state index in [1.165, 1.54) is 19.2 Å². The number of piperidine rings is 3. The van der Waals surface area contributed by atoms with Gasteiger partial charge in [-0.1, -0.05) is 12.1 Å². The third kappa shape index (κ3) is 4.00. The van der Waals surface area contributed by atoms with Crippen LogP contribution in [0.15, 0.2) is 46.8 Å². The second kappa shape index (κ2) is 8.74. The highest BCUT2D eigenvalue weighted by atomic mass is 16.6. The SMILES string of the molecule is COC(=O)C1=C(C)NC(C)=C(C(=O)O[C@H]2CN3CCC2CC3)[C@@H]1c1cccc([N+](=O)[O-])c1. The van der Waals surface area contributed by atoms with Crippen LogP contribution in [0.2, 0.25) is 0 Å². The summed E-state index contributed by atoms with van der Waals surface area (Å²) in [6.07, 6.45) is 1.79. The molecule has 1 aromatic rings. The molecule has 5 rings (SSSR count). The molecule has 3 fully saturated rings. The average molecular weight is 441 g/mol. The van der Waals surface area contributed by atoms with E-state index in [0.717, 1.165) is 25.9 Å². The first-order chi connectivity index (χ1) is 15.3. The number of methoxy groups -OCH3 is 1. The molecular formula is C23H27N3O6. The summed E-state index contributed by atoms with van der Waals surface area (Å²) in [5, 5.41) is 14.5. The molecule has 0 aliphatic carbocycles. The van der Waals surface area contributed by atoms with Crippen molar-refractivity contribution >= 4 is 17.6 Å². The lowest BCUT2D eigenvalue weighted by Crippen LogP contribution is -2.52. The Morgan fingerprint density at radius 1 is 1.12 bits per heavy atom. The summed E-state index contributed by atoms with van der Waals surface area (Å²) in [5.41, 5.74) is 1.93. The van der Waals surface area contributed by atoms with Crippen molar-refractivity contribution in [3.63, 3.8) is 0 Å². The number of esters is 2. The molecule has 170 valence electrons. The highest BCUT2D eigenvalue weighted by Gasteiger charge is 2.41. The van der Waals surface area contributed by atoms with E-state index >= 15 is 0 Å². The van der Waals surface area contributed by atoms with Crippen LogP contribution < -0.4 is 5.32 Å². The van der Waals surface area contributed by atoms with Crippen molar-refractivity contribution in [1.29, 1.82) is 0 Å². The lowest BCUT2D eigenvalue weighted by Gasteiger charge is -2.44. The van der Waals surface area contributed by atoms with Crippen LogP contribution in [-0.4, -0.2) is 54.6 Å². The Kier molecular flexibility index (Phi) is 6.01. The first-order valence-electron chi connectivity index (χ1n) is 10.7. The molecule has 2 atom stereocenters. The summed E-state index contributed by atoms with van der Waals surface area (Å²) < 4.78 is 11.0. The zero-order chi connectivity index (χ0) is 23.0. The molecule has 9 heteroatoms. The number of ether oxygens (including phenoxy) is 2. The Bertz CT molecular complexity index is 1020. The topological polar surface area (TPSA) is 111 Å². The van der Waals surface area contributed by atoms with Crippen LogP contribution in [-0.2, 0) is 19.1 Å². The number of carbonyl (C=O) groups excluding carboxylic acids is 2. The monoisotopic (exact) mass is 441 g/mol. The van der Waals surface area contributed by atoms with E-state index in [2.05, 4.69) is 10.2 Å². The maximum absolute atomic E-state index is 13.5. The number of allylic oxidation sites excluding steroid dienone is 2. The summed E-state index contributed by atoms with van der Waals surface area (Å²) in [5.74, 6) is -1.63. The molecule has 32 heavy (non-hydrogen) atoms. The number of hydrogen-bond acceptors (Lipinski definition) is 8. The van der Waals surface area contributed by atoms with Gasteiger partial charge in [-0.25, -0.2) is 9.59 Å². The van der Waals surface area contributed by atoms with Gasteiger partial charge in [0.2, 0.25) is 0 Å². The highest BCUT2D eigenvalue weighted by molar-refractivity contribution is 6.00. The van der Waals surface area contributed by atoms with Gasteiger partial charge >= 0.3 is 11.9 Å². The normalized spacial score (nSPS) is 27.1. The molecule has 0 radical (unpaired) electrons. The van der Waals surface area contributed by atoms with Crippen molar-refractivity contribution in [2.24, 2.45) is 5.92 Å². The number of carbonyl (C=O) groups is 2. The first-order valence-corrected chi connectivity index (χ1v) is 10.7.